The van der Waals surface area contributed by atoms with Crippen LogP contribution in [0.4, 0.5) is 14.5 Å². The molecular weight excluding hydrogens is 280 g/mol. The predicted octanol–water partition coefficient (Wildman–Crippen LogP) is 2.60. The summed E-state index contributed by atoms with van der Waals surface area (Å²) in [4.78, 5) is 12.5. The van der Waals surface area contributed by atoms with Crippen molar-refractivity contribution in [2.24, 2.45) is 16.3 Å². The molecule has 1 amide bonds. The minimum atomic E-state index is -1.10. The van der Waals surface area contributed by atoms with Crippen LogP contribution in [0.15, 0.2) is 23.4 Å². The standard InChI is InChI=1S/C14H17F2N3O2/c15-10-5-4-9(8-11(10)16)18-13(20)14(12(17)19-21)6-2-1-3-7-14/h4-5,8,21H,1-3,6-7H2,(H2,17,19)(H,18,20). The van der Waals surface area contributed by atoms with Crippen LogP contribution in [0.2, 0.25) is 0 Å². The molecule has 2 rings (SSSR count). The average molecular weight is 297 g/mol. The molecule has 21 heavy (non-hydrogen) atoms. The molecule has 4 N–H and O–H groups in total. The molecular formula is C14H17F2N3O2. The first-order chi connectivity index (χ1) is 9.99. The molecule has 1 fully saturated rings. The molecule has 1 saturated carbocycles. The Morgan fingerprint density at radius 2 is 1.90 bits per heavy atom. The quantitative estimate of drug-likeness (QED) is 0.347. The third-order valence-corrected chi connectivity index (χ3v) is 3.92. The number of hydrogen-bond acceptors (Lipinski definition) is 3. The van der Waals surface area contributed by atoms with Gasteiger partial charge in [0.15, 0.2) is 17.5 Å². The van der Waals surface area contributed by atoms with E-state index in [-0.39, 0.29) is 11.5 Å². The van der Waals surface area contributed by atoms with Crippen molar-refractivity contribution in [1.29, 1.82) is 0 Å². The lowest BCUT2D eigenvalue weighted by Gasteiger charge is -2.34. The van der Waals surface area contributed by atoms with Crippen LogP contribution >= 0.6 is 0 Å². The first-order valence-electron chi connectivity index (χ1n) is 6.74. The van der Waals surface area contributed by atoms with Crippen LogP contribution in [0.25, 0.3) is 0 Å². The van der Waals surface area contributed by atoms with E-state index in [1.165, 1.54) is 6.07 Å². The zero-order valence-electron chi connectivity index (χ0n) is 11.4. The smallest absolute Gasteiger partial charge is 0.238 e. The third kappa shape index (κ3) is 2.96. The Bertz CT molecular complexity index is 569. The molecule has 1 aromatic rings. The lowest BCUT2D eigenvalue weighted by atomic mass is 9.72. The molecule has 7 heteroatoms. The van der Waals surface area contributed by atoms with Gasteiger partial charge in [0.1, 0.15) is 5.41 Å². The first-order valence-corrected chi connectivity index (χ1v) is 6.74. The number of benzene rings is 1. The van der Waals surface area contributed by atoms with Crippen molar-refractivity contribution in [1.82, 2.24) is 0 Å². The fourth-order valence-electron chi connectivity index (χ4n) is 2.68. The number of amidine groups is 1. The Hall–Kier alpha value is -2.18. The fourth-order valence-corrected chi connectivity index (χ4v) is 2.68. The van der Waals surface area contributed by atoms with Gasteiger partial charge in [0, 0.05) is 11.8 Å². The highest BCUT2D eigenvalue weighted by molar-refractivity contribution is 6.11. The second-order valence-corrected chi connectivity index (χ2v) is 5.21. The van der Waals surface area contributed by atoms with Gasteiger partial charge in [0.2, 0.25) is 5.91 Å². The van der Waals surface area contributed by atoms with Crippen LogP contribution < -0.4 is 11.1 Å². The van der Waals surface area contributed by atoms with E-state index in [9.17, 15) is 13.6 Å². The monoisotopic (exact) mass is 297 g/mol. The second-order valence-electron chi connectivity index (χ2n) is 5.21. The number of rotatable bonds is 3. The largest absolute Gasteiger partial charge is 0.409 e. The highest BCUT2D eigenvalue weighted by Gasteiger charge is 2.43. The molecule has 0 radical (unpaired) electrons. The van der Waals surface area contributed by atoms with Crippen LogP contribution in [0.3, 0.4) is 0 Å². The second kappa shape index (κ2) is 6.07. The van der Waals surface area contributed by atoms with Gasteiger partial charge in [-0.15, -0.1) is 0 Å². The summed E-state index contributed by atoms with van der Waals surface area (Å²) in [7, 11) is 0. The average Bonchev–Trinajstić information content (AvgIpc) is 2.50. The Morgan fingerprint density at radius 3 is 2.48 bits per heavy atom. The third-order valence-electron chi connectivity index (χ3n) is 3.92. The minimum absolute atomic E-state index is 0.134. The molecule has 0 aromatic heterocycles. The number of halogens is 2. The highest BCUT2D eigenvalue weighted by atomic mass is 19.2. The Labute approximate surface area is 120 Å². The minimum Gasteiger partial charge on any atom is -0.409 e. The van der Waals surface area contributed by atoms with Crippen molar-refractivity contribution in [3.63, 3.8) is 0 Å². The fraction of sp³-hybridized carbons (Fsp3) is 0.429. The molecule has 0 aliphatic heterocycles. The molecule has 1 aliphatic rings. The van der Waals surface area contributed by atoms with Gasteiger partial charge in [-0.25, -0.2) is 8.78 Å². The van der Waals surface area contributed by atoms with Crippen molar-refractivity contribution >= 4 is 17.4 Å². The van der Waals surface area contributed by atoms with Gasteiger partial charge in [-0.05, 0) is 25.0 Å². The Kier molecular flexibility index (Phi) is 4.40. The Morgan fingerprint density at radius 1 is 1.24 bits per heavy atom. The molecule has 0 atom stereocenters. The van der Waals surface area contributed by atoms with Gasteiger partial charge >= 0.3 is 0 Å². The van der Waals surface area contributed by atoms with Gasteiger partial charge in [-0.2, -0.15) is 0 Å². The van der Waals surface area contributed by atoms with Crippen LogP contribution in [0.1, 0.15) is 32.1 Å². The normalized spacial score (nSPS) is 18.3. The zero-order valence-corrected chi connectivity index (χ0v) is 11.4. The van der Waals surface area contributed by atoms with E-state index in [0.717, 1.165) is 31.4 Å². The number of carbonyl (C=O) groups excluding carboxylic acids is 1. The van der Waals surface area contributed by atoms with Crippen molar-refractivity contribution in [2.75, 3.05) is 5.32 Å². The van der Waals surface area contributed by atoms with E-state index >= 15 is 0 Å². The van der Waals surface area contributed by atoms with E-state index < -0.39 is 23.0 Å². The SMILES string of the molecule is NC(=NO)C1(C(=O)Nc2ccc(F)c(F)c2)CCCCC1. The molecule has 1 aromatic carbocycles. The number of carbonyl (C=O) groups is 1. The van der Waals surface area contributed by atoms with E-state index in [2.05, 4.69) is 10.5 Å². The Balaban J connectivity index is 2.24. The van der Waals surface area contributed by atoms with Crippen LogP contribution in [-0.4, -0.2) is 17.0 Å². The molecule has 0 bridgehead atoms. The summed E-state index contributed by atoms with van der Waals surface area (Å²) in [5, 5.41) is 14.4. The highest BCUT2D eigenvalue weighted by Crippen LogP contribution is 2.37. The van der Waals surface area contributed by atoms with Crippen molar-refractivity contribution < 1.29 is 18.8 Å². The maximum Gasteiger partial charge on any atom is 0.238 e. The first kappa shape index (κ1) is 15.2. The number of nitrogens with two attached hydrogens (primary N) is 1. The van der Waals surface area contributed by atoms with Gasteiger partial charge in [0.25, 0.3) is 0 Å². The topological polar surface area (TPSA) is 87.7 Å². The maximum atomic E-state index is 13.2. The summed E-state index contributed by atoms with van der Waals surface area (Å²) in [6.07, 6.45) is 3.44. The summed E-state index contributed by atoms with van der Waals surface area (Å²) >= 11 is 0. The zero-order chi connectivity index (χ0) is 15.5. The number of hydrogen-bond donors (Lipinski definition) is 3. The molecule has 0 saturated heterocycles. The number of anilines is 1. The van der Waals surface area contributed by atoms with Crippen molar-refractivity contribution in [3.05, 3.63) is 29.8 Å². The summed E-state index contributed by atoms with van der Waals surface area (Å²) in [5.41, 5.74) is 4.73. The van der Waals surface area contributed by atoms with Crippen LogP contribution in [0.5, 0.6) is 0 Å². The molecule has 114 valence electrons. The summed E-state index contributed by atoms with van der Waals surface area (Å²) in [6.45, 7) is 0. The summed E-state index contributed by atoms with van der Waals surface area (Å²) in [5.74, 6) is -2.66. The number of amides is 1. The number of oxime groups is 1. The van der Waals surface area contributed by atoms with Gasteiger partial charge in [0.05, 0.1) is 0 Å². The van der Waals surface area contributed by atoms with Crippen LogP contribution in [-0.2, 0) is 4.79 Å². The number of nitrogens with zero attached hydrogens (tertiary/aromatic N) is 1. The van der Waals surface area contributed by atoms with Gasteiger partial charge in [-0.1, -0.05) is 24.4 Å². The molecule has 1 aliphatic carbocycles. The van der Waals surface area contributed by atoms with Gasteiger partial charge in [-0.3, -0.25) is 4.79 Å². The summed E-state index contributed by atoms with van der Waals surface area (Å²) in [6, 6.07) is 3.09. The molecule has 0 spiro atoms. The van der Waals surface area contributed by atoms with E-state index in [1.807, 2.05) is 0 Å². The molecule has 0 unspecified atom stereocenters. The predicted molar refractivity (Wildman–Crippen MR) is 73.9 cm³/mol. The van der Waals surface area contributed by atoms with Crippen molar-refractivity contribution in [2.45, 2.75) is 32.1 Å². The van der Waals surface area contributed by atoms with E-state index in [4.69, 9.17) is 10.9 Å². The lowest BCUT2D eigenvalue weighted by molar-refractivity contribution is -0.123. The van der Waals surface area contributed by atoms with Gasteiger partial charge < -0.3 is 16.3 Å². The maximum absolute atomic E-state index is 13.2. The summed E-state index contributed by atoms with van der Waals surface area (Å²) < 4.78 is 26.1. The molecule has 5 nitrogen and oxygen atoms in total. The lowest BCUT2D eigenvalue weighted by Crippen LogP contribution is -2.48. The van der Waals surface area contributed by atoms with Crippen LogP contribution in [0, 0.1) is 17.0 Å². The molecule has 0 heterocycles. The van der Waals surface area contributed by atoms with Crippen molar-refractivity contribution in [3.8, 4) is 0 Å². The number of nitrogens with one attached hydrogen (secondary N) is 1. The van der Waals surface area contributed by atoms with E-state index in [1.54, 1.807) is 0 Å². The van der Waals surface area contributed by atoms with E-state index in [0.29, 0.717) is 12.8 Å².